The van der Waals surface area contributed by atoms with Gasteiger partial charge in [-0.05, 0) is 50.8 Å². The van der Waals surface area contributed by atoms with Gasteiger partial charge in [0.25, 0.3) is 0 Å². The molecule has 2 N–H and O–H groups in total. The van der Waals surface area contributed by atoms with Crippen molar-refractivity contribution in [3.8, 4) is 0 Å². The van der Waals surface area contributed by atoms with E-state index in [2.05, 4.69) is 54.8 Å². The Bertz CT molecular complexity index is 567. The molecular formula is C16H23N3. The molecule has 0 aliphatic carbocycles. The molecule has 102 valence electrons. The number of hydrogen-bond acceptors (Lipinski definition) is 2. The van der Waals surface area contributed by atoms with Gasteiger partial charge in [-0.25, -0.2) is 0 Å². The van der Waals surface area contributed by atoms with Crippen molar-refractivity contribution in [2.75, 3.05) is 0 Å². The average molecular weight is 257 g/mol. The van der Waals surface area contributed by atoms with Crippen LogP contribution in [0.3, 0.4) is 0 Å². The van der Waals surface area contributed by atoms with E-state index >= 15 is 0 Å². The first-order chi connectivity index (χ1) is 8.99. The van der Waals surface area contributed by atoms with E-state index in [4.69, 9.17) is 5.73 Å². The van der Waals surface area contributed by atoms with Gasteiger partial charge in [0.2, 0.25) is 0 Å². The second-order valence-corrected chi connectivity index (χ2v) is 5.41. The zero-order valence-corrected chi connectivity index (χ0v) is 12.3. The molecule has 0 spiro atoms. The molecule has 2 rings (SSSR count). The highest BCUT2D eigenvalue weighted by Gasteiger charge is 2.13. The molecule has 0 saturated carbocycles. The summed E-state index contributed by atoms with van der Waals surface area (Å²) in [5, 5.41) is 4.66. The molecule has 1 aromatic carbocycles. The van der Waals surface area contributed by atoms with Gasteiger partial charge in [0.1, 0.15) is 0 Å². The first-order valence-electron chi connectivity index (χ1n) is 6.82. The highest BCUT2D eigenvalue weighted by Crippen LogP contribution is 2.17. The molecule has 1 heterocycles. The van der Waals surface area contributed by atoms with Crippen LogP contribution in [0.15, 0.2) is 24.3 Å². The van der Waals surface area contributed by atoms with Gasteiger partial charge in [0.15, 0.2) is 0 Å². The van der Waals surface area contributed by atoms with E-state index in [0.717, 1.165) is 18.7 Å². The Morgan fingerprint density at radius 2 is 1.89 bits per heavy atom. The average Bonchev–Trinajstić information content (AvgIpc) is 2.60. The summed E-state index contributed by atoms with van der Waals surface area (Å²) in [5.74, 6) is 0. The first-order valence-corrected chi connectivity index (χ1v) is 6.82. The summed E-state index contributed by atoms with van der Waals surface area (Å²) >= 11 is 0. The summed E-state index contributed by atoms with van der Waals surface area (Å²) < 4.78 is 2.09. The van der Waals surface area contributed by atoms with Crippen LogP contribution in [0.4, 0.5) is 0 Å². The van der Waals surface area contributed by atoms with Crippen molar-refractivity contribution in [1.29, 1.82) is 0 Å². The lowest BCUT2D eigenvalue weighted by Crippen LogP contribution is -2.18. The third kappa shape index (κ3) is 3.04. The monoisotopic (exact) mass is 257 g/mol. The first kappa shape index (κ1) is 13.8. The van der Waals surface area contributed by atoms with Crippen molar-refractivity contribution < 1.29 is 0 Å². The summed E-state index contributed by atoms with van der Waals surface area (Å²) in [6.45, 7) is 9.22. The molecule has 2 aromatic rings. The lowest BCUT2D eigenvalue weighted by Gasteiger charge is -2.09. The van der Waals surface area contributed by atoms with Gasteiger partial charge in [-0.2, -0.15) is 5.10 Å². The highest BCUT2D eigenvalue weighted by atomic mass is 15.3. The Kier molecular flexibility index (Phi) is 4.05. The molecule has 0 saturated heterocycles. The molecular weight excluding hydrogens is 234 g/mol. The molecule has 0 aliphatic rings. The van der Waals surface area contributed by atoms with Crippen molar-refractivity contribution in [1.82, 2.24) is 9.78 Å². The molecule has 0 radical (unpaired) electrons. The van der Waals surface area contributed by atoms with Crippen LogP contribution in [0.1, 0.15) is 35.0 Å². The summed E-state index contributed by atoms with van der Waals surface area (Å²) in [6, 6.07) is 8.63. The number of nitrogens with zero attached hydrogens (tertiary/aromatic N) is 2. The van der Waals surface area contributed by atoms with Gasteiger partial charge < -0.3 is 5.73 Å². The molecule has 1 unspecified atom stereocenters. The summed E-state index contributed by atoms with van der Waals surface area (Å²) in [4.78, 5) is 0. The quantitative estimate of drug-likeness (QED) is 0.915. The maximum absolute atomic E-state index is 5.91. The van der Waals surface area contributed by atoms with Crippen LogP contribution in [0.5, 0.6) is 0 Å². The number of rotatable bonds is 4. The Balaban J connectivity index is 2.29. The number of aromatic nitrogens is 2. The predicted octanol–water partition coefficient (Wildman–Crippen LogP) is 2.75. The zero-order chi connectivity index (χ0) is 14.0. The van der Waals surface area contributed by atoms with Crippen molar-refractivity contribution in [3.63, 3.8) is 0 Å². The fourth-order valence-corrected chi connectivity index (χ4v) is 2.45. The second-order valence-electron chi connectivity index (χ2n) is 5.41. The molecule has 0 amide bonds. The van der Waals surface area contributed by atoms with Crippen molar-refractivity contribution in [3.05, 3.63) is 52.3 Å². The van der Waals surface area contributed by atoms with Gasteiger partial charge in [-0.15, -0.1) is 0 Å². The van der Waals surface area contributed by atoms with Crippen LogP contribution in [-0.4, -0.2) is 15.8 Å². The van der Waals surface area contributed by atoms with Crippen LogP contribution in [-0.2, 0) is 13.0 Å². The topological polar surface area (TPSA) is 43.8 Å². The maximum atomic E-state index is 5.91. The van der Waals surface area contributed by atoms with Gasteiger partial charge in [0, 0.05) is 11.7 Å². The van der Waals surface area contributed by atoms with Gasteiger partial charge >= 0.3 is 0 Å². The van der Waals surface area contributed by atoms with Crippen LogP contribution in [0.2, 0.25) is 0 Å². The zero-order valence-electron chi connectivity index (χ0n) is 12.3. The van der Waals surface area contributed by atoms with E-state index in [1.165, 1.54) is 22.4 Å². The maximum Gasteiger partial charge on any atom is 0.0665 e. The van der Waals surface area contributed by atoms with E-state index in [1.54, 1.807) is 0 Å². The van der Waals surface area contributed by atoms with E-state index < -0.39 is 0 Å². The Labute approximate surface area is 115 Å². The Morgan fingerprint density at radius 3 is 2.53 bits per heavy atom. The van der Waals surface area contributed by atoms with Crippen LogP contribution >= 0.6 is 0 Å². The second kappa shape index (κ2) is 5.57. The number of benzene rings is 1. The lowest BCUT2D eigenvalue weighted by molar-refractivity contribution is 0.653. The van der Waals surface area contributed by atoms with Crippen LogP contribution in [0, 0.1) is 20.8 Å². The summed E-state index contributed by atoms with van der Waals surface area (Å²) in [5.41, 5.74) is 12.2. The largest absolute Gasteiger partial charge is 0.328 e. The van der Waals surface area contributed by atoms with Gasteiger partial charge in [-0.1, -0.05) is 24.3 Å². The Hall–Kier alpha value is -1.61. The Morgan fingerprint density at radius 1 is 1.21 bits per heavy atom. The molecule has 1 aromatic heterocycles. The lowest BCUT2D eigenvalue weighted by atomic mass is 10.1. The molecule has 0 fully saturated rings. The minimum absolute atomic E-state index is 0.175. The van der Waals surface area contributed by atoms with Crippen LogP contribution in [0.25, 0.3) is 0 Å². The third-order valence-electron chi connectivity index (χ3n) is 3.64. The normalized spacial score (nSPS) is 12.7. The van der Waals surface area contributed by atoms with Gasteiger partial charge in [-0.3, -0.25) is 4.68 Å². The summed E-state index contributed by atoms with van der Waals surface area (Å²) in [6.07, 6.45) is 0.894. The van der Waals surface area contributed by atoms with E-state index in [0.29, 0.717) is 0 Å². The number of hydrogen-bond donors (Lipinski definition) is 1. The van der Waals surface area contributed by atoms with Gasteiger partial charge in [0.05, 0.1) is 12.2 Å². The standard InChI is InChI=1S/C16H23N3/c1-11-7-5-6-8-15(11)10-19-14(4)16(9-12(2)17)13(3)18-19/h5-8,12H,9-10,17H2,1-4H3. The SMILES string of the molecule is Cc1ccccc1Cn1nc(C)c(CC(C)N)c1C. The van der Waals surface area contributed by atoms with Crippen molar-refractivity contribution >= 4 is 0 Å². The third-order valence-corrected chi connectivity index (χ3v) is 3.64. The fourth-order valence-electron chi connectivity index (χ4n) is 2.45. The fraction of sp³-hybridized carbons (Fsp3) is 0.438. The van der Waals surface area contributed by atoms with E-state index in [9.17, 15) is 0 Å². The minimum Gasteiger partial charge on any atom is -0.328 e. The van der Waals surface area contributed by atoms with E-state index in [-0.39, 0.29) is 6.04 Å². The van der Waals surface area contributed by atoms with E-state index in [1.807, 2.05) is 6.92 Å². The molecule has 0 aliphatic heterocycles. The smallest absolute Gasteiger partial charge is 0.0665 e. The highest BCUT2D eigenvalue weighted by molar-refractivity contribution is 5.29. The van der Waals surface area contributed by atoms with Crippen LogP contribution < -0.4 is 5.73 Å². The number of nitrogens with two attached hydrogens (primary N) is 1. The molecule has 3 heteroatoms. The molecule has 3 nitrogen and oxygen atoms in total. The summed E-state index contributed by atoms with van der Waals surface area (Å²) in [7, 11) is 0. The van der Waals surface area contributed by atoms with Crippen molar-refractivity contribution in [2.45, 2.75) is 46.7 Å². The number of aryl methyl sites for hydroxylation is 2. The minimum atomic E-state index is 0.175. The van der Waals surface area contributed by atoms with Crippen molar-refractivity contribution in [2.24, 2.45) is 5.73 Å². The molecule has 0 bridgehead atoms. The molecule has 19 heavy (non-hydrogen) atoms. The predicted molar refractivity (Wildman–Crippen MR) is 79.3 cm³/mol. The molecule has 1 atom stereocenters.